The number of carbonyl (C=O) groups excluding carboxylic acids is 3. The lowest BCUT2D eigenvalue weighted by atomic mass is 9.62. The van der Waals surface area contributed by atoms with Gasteiger partial charge < -0.3 is 9.88 Å². The van der Waals surface area contributed by atoms with Crippen LogP contribution in [0.25, 0.3) is 11.0 Å². The second-order valence-electron chi connectivity index (χ2n) is 8.91. The zero-order valence-electron chi connectivity index (χ0n) is 17.5. The second kappa shape index (κ2) is 6.68. The van der Waals surface area contributed by atoms with Crippen LogP contribution in [0.3, 0.4) is 0 Å². The van der Waals surface area contributed by atoms with Gasteiger partial charge in [-0.1, -0.05) is 32.9 Å². The average Bonchev–Trinajstić information content (AvgIpc) is 3.14. The zero-order chi connectivity index (χ0) is 21.0. The molecule has 0 unspecified atom stereocenters. The highest BCUT2D eigenvalue weighted by atomic mass is 16.2. The summed E-state index contributed by atoms with van der Waals surface area (Å²) in [6.45, 7) is 8.71. The van der Waals surface area contributed by atoms with Crippen LogP contribution in [-0.4, -0.2) is 38.7 Å². The summed E-state index contributed by atoms with van der Waals surface area (Å²) in [6.07, 6.45) is 1.39. The summed E-state index contributed by atoms with van der Waals surface area (Å²) in [5.74, 6) is -0.235. The van der Waals surface area contributed by atoms with E-state index in [1.54, 1.807) is 0 Å². The van der Waals surface area contributed by atoms with Crippen LogP contribution in [0.5, 0.6) is 0 Å². The van der Waals surface area contributed by atoms with Gasteiger partial charge in [0.2, 0.25) is 17.7 Å². The van der Waals surface area contributed by atoms with Gasteiger partial charge in [-0.05, 0) is 37.3 Å². The van der Waals surface area contributed by atoms with Crippen molar-refractivity contribution < 1.29 is 14.4 Å². The van der Waals surface area contributed by atoms with Crippen molar-refractivity contribution in [3.05, 3.63) is 30.1 Å². The molecule has 2 bridgehead atoms. The van der Waals surface area contributed by atoms with Gasteiger partial charge in [-0.15, -0.1) is 0 Å². The number of imide groups is 1. The second-order valence-corrected chi connectivity index (χ2v) is 8.91. The number of amides is 3. The molecule has 29 heavy (non-hydrogen) atoms. The van der Waals surface area contributed by atoms with Crippen LogP contribution in [0, 0.1) is 16.7 Å². The Hall–Kier alpha value is -2.70. The standard InChI is InChI=1S/C22H28N4O3/c1-5-25-16-9-7-6-8-15(16)24-17(25)12-23-18(27)13-26-19(28)14-10-11-22(4,20(26)29)21(14,2)3/h6-9,14H,5,10-13H2,1-4H3,(H,23,27)/t14-,22+/m0/s1. The quantitative estimate of drug-likeness (QED) is 0.787. The fraction of sp³-hybridized carbons (Fsp3) is 0.545. The molecule has 2 aliphatic rings. The summed E-state index contributed by atoms with van der Waals surface area (Å²) in [7, 11) is 0. The average molecular weight is 396 g/mol. The third-order valence-corrected chi connectivity index (χ3v) is 7.30. The summed E-state index contributed by atoms with van der Waals surface area (Å²) in [5, 5.41) is 2.84. The van der Waals surface area contributed by atoms with Crippen LogP contribution in [0.15, 0.2) is 24.3 Å². The maximum atomic E-state index is 13.1. The zero-order valence-corrected chi connectivity index (χ0v) is 17.5. The van der Waals surface area contributed by atoms with Crippen molar-refractivity contribution in [2.75, 3.05) is 6.54 Å². The van der Waals surface area contributed by atoms with E-state index in [0.717, 1.165) is 23.4 Å². The molecule has 4 rings (SSSR count). The van der Waals surface area contributed by atoms with E-state index in [1.165, 1.54) is 4.90 Å². The normalized spacial score (nSPS) is 25.7. The van der Waals surface area contributed by atoms with Crippen LogP contribution in [0.1, 0.15) is 46.4 Å². The number of fused-ring (bicyclic) bond motifs is 3. The first-order valence-corrected chi connectivity index (χ1v) is 10.3. The maximum absolute atomic E-state index is 13.1. The van der Waals surface area contributed by atoms with E-state index in [4.69, 9.17) is 0 Å². The van der Waals surface area contributed by atoms with E-state index in [0.29, 0.717) is 12.8 Å². The molecule has 2 fully saturated rings. The monoisotopic (exact) mass is 396 g/mol. The summed E-state index contributed by atoms with van der Waals surface area (Å²) < 4.78 is 2.05. The van der Waals surface area contributed by atoms with Crippen molar-refractivity contribution in [2.24, 2.45) is 16.7 Å². The van der Waals surface area contributed by atoms with Gasteiger partial charge >= 0.3 is 0 Å². The number of nitrogens with one attached hydrogen (secondary N) is 1. The van der Waals surface area contributed by atoms with Gasteiger partial charge in [-0.3, -0.25) is 19.3 Å². The molecule has 7 heteroatoms. The van der Waals surface area contributed by atoms with E-state index in [1.807, 2.05) is 52.0 Å². The number of imidazole rings is 1. The number of aryl methyl sites for hydroxylation is 1. The number of nitrogens with zero attached hydrogens (tertiary/aromatic N) is 3. The number of para-hydroxylation sites is 2. The number of carbonyl (C=O) groups is 3. The van der Waals surface area contributed by atoms with Crippen molar-refractivity contribution in [3.63, 3.8) is 0 Å². The predicted octanol–water partition coefficient (Wildman–Crippen LogP) is 2.48. The van der Waals surface area contributed by atoms with Crippen molar-refractivity contribution in [1.29, 1.82) is 0 Å². The number of hydrogen-bond acceptors (Lipinski definition) is 4. The molecular formula is C22H28N4O3. The van der Waals surface area contributed by atoms with Gasteiger partial charge in [-0.2, -0.15) is 0 Å². The van der Waals surface area contributed by atoms with E-state index >= 15 is 0 Å². The number of aromatic nitrogens is 2. The van der Waals surface area contributed by atoms with E-state index in [-0.39, 0.29) is 42.1 Å². The number of rotatable bonds is 5. The molecule has 2 atom stereocenters. The predicted molar refractivity (Wildman–Crippen MR) is 109 cm³/mol. The van der Waals surface area contributed by atoms with E-state index in [2.05, 4.69) is 14.9 Å². The lowest BCUT2D eigenvalue weighted by molar-refractivity contribution is -0.169. The first-order chi connectivity index (χ1) is 13.7. The van der Waals surface area contributed by atoms with Gasteiger partial charge in [0.25, 0.3) is 0 Å². The lowest BCUT2D eigenvalue weighted by Gasteiger charge is -2.47. The lowest BCUT2D eigenvalue weighted by Crippen LogP contribution is -2.60. The van der Waals surface area contributed by atoms with Crippen molar-refractivity contribution in [1.82, 2.24) is 19.8 Å². The first-order valence-electron chi connectivity index (χ1n) is 10.3. The molecule has 2 heterocycles. The fourth-order valence-electron chi connectivity index (χ4n) is 5.04. The van der Waals surface area contributed by atoms with Crippen molar-refractivity contribution in [2.45, 2.75) is 53.6 Å². The smallest absolute Gasteiger partial charge is 0.240 e. The Bertz CT molecular complexity index is 1010. The molecule has 1 aliphatic carbocycles. The third-order valence-electron chi connectivity index (χ3n) is 7.30. The Morgan fingerprint density at radius 3 is 2.69 bits per heavy atom. The van der Waals surface area contributed by atoms with Gasteiger partial charge in [-0.25, -0.2) is 4.98 Å². The molecule has 1 aromatic carbocycles. The largest absolute Gasteiger partial charge is 0.347 e. The SMILES string of the molecule is CCn1c(CNC(=O)CN2C(=O)[C@@H]3CC[C@](C)(C2=O)C3(C)C)nc2ccccc21. The molecule has 1 saturated heterocycles. The third kappa shape index (κ3) is 2.78. The van der Waals surface area contributed by atoms with E-state index < -0.39 is 5.41 Å². The minimum atomic E-state index is -0.595. The molecule has 1 saturated carbocycles. The Morgan fingerprint density at radius 1 is 1.24 bits per heavy atom. The molecule has 154 valence electrons. The van der Waals surface area contributed by atoms with Crippen LogP contribution in [-0.2, 0) is 27.5 Å². The number of hydrogen-bond donors (Lipinski definition) is 1. The molecule has 7 nitrogen and oxygen atoms in total. The minimum absolute atomic E-state index is 0.206. The highest BCUT2D eigenvalue weighted by molar-refractivity contribution is 6.06. The van der Waals surface area contributed by atoms with Crippen LogP contribution >= 0.6 is 0 Å². The van der Waals surface area contributed by atoms with Gasteiger partial charge in [0, 0.05) is 12.5 Å². The molecule has 2 aromatic rings. The van der Waals surface area contributed by atoms with Gasteiger partial charge in [0.15, 0.2) is 0 Å². The molecule has 1 aromatic heterocycles. The molecule has 3 amide bonds. The Morgan fingerprint density at radius 2 is 1.97 bits per heavy atom. The van der Waals surface area contributed by atoms with Crippen LogP contribution in [0.2, 0.25) is 0 Å². The fourth-order valence-corrected chi connectivity index (χ4v) is 5.04. The minimum Gasteiger partial charge on any atom is -0.347 e. The Kier molecular flexibility index (Phi) is 4.52. The molecule has 1 aliphatic heterocycles. The maximum Gasteiger partial charge on any atom is 0.240 e. The van der Waals surface area contributed by atoms with Crippen LogP contribution in [0.4, 0.5) is 0 Å². The Labute approximate surface area is 170 Å². The van der Waals surface area contributed by atoms with Crippen molar-refractivity contribution in [3.8, 4) is 0 Å². The highest BCUT2D eigenvalue weighted by Gasteiger charge is 2.64. The topological polar surface area (TPSA) is 84.3 Å². The molecule has 0 spiro atoms. The molecule has 0 radical (unpaired) electrons. The Balaban J connectivity index is 1.47. The first kappa shape index (κ1) is 19.6. The number of piperidine rings is 1. The number of likely N-dealkylation sites (tertiary alicyclic amines) is 1. The molecular weight excluding hydrogens is 368 g/mol. The molecule has 1 N–H and O–H groups in total. The number of benzene rings is 1. The summed E-state index contributed by atoms with van der Waals surface area (Å²) >= 11 is 0. The van der Waals surface area contributed by atoms with Crippen molar-refractivity contribution >= 4 is 28.8 Å². The summed E-state index contributed by atoms with van der Waals surface area (Å²) in [5.41, 5.74) is 0.932. The van der Waals surface area contributed by atoms with Gasteiger partial charge in [0.1, 0.15) is 12.4 Å². The highest BCUT2D eigenvalue weighted by Crippen LogP contribution is 2.59. The summed E-state index contributed by atoms with van der Waals surface area (Å²) in [4.78, 5) is 44.3. The van der Waals surface area contributed by atoms with E-state index in [9.17, 15) is 14.4 Å². The summed E-state index contributed by atoms with van der Waals surface area (Å²) in [6, 6.07) is 7.83. The van der Waals surface area contributed by atoms with Crippen LogP contribution < -0.4 is 5.32 Å². The van der Waals surface area contributed by atoms with Gasteiger partial charge in [0.05, 0.1) is 23.0 Å².